The molecule has 0 radical (unpaired) electrons. The summed E-state index contributed by atoms with van der Waals surface area (Å²) in [6.07, 6.45) is 4.33. The summed E-state index contributed by atoms with van der Waals surface area (Å²) in [5, 5.41) is 18.3. The molecule has 2 aliphatic rings. The summed E-state index contributed by atoms with van der Waals surface area (Å²) in [6.45, 7) is 3.61. The number of fused-ring (bicyclic) bond motifs is 1. The largest absolute Gasteiger partial charge is 0.490 e. The Morgan fingerprint density at radius 2 is 1.98 bits per heavy atom. The third-order valence-electron chi connectivity index (χ3n) is 7.50. The van der Waals surface area contributed by atoms with Crippen molar-refractivity contribution in [2.75, 3.05) is 19.7 Å². The van der Waals surface area contributed by atoms with Gasteiger partial charge in [-0.2, -0.15) is 5.26 Å². The summed E-state index contributed by atoms with van der Waals surface area (Å²) in [4.78, 5) is 27.3. The number of imidazole rings is 1. The van der Waals surface area contributed by atoms with Crippen molar-refractivity contribution in [1.82, 2.24) is 24.4 Å². The molecule has 1 N–H and O–H groups in total. The molecule has 216 valence electrons. The lowest BCUT2D eigenvalue weighted by Gasteiger charge is -2.32. The van der Waals surface area contributed by atoms with Gasteiger partial charge in [0.05, 0.1) is 36.5 Å². The second-order valence-corrected chi connectivity index (χ2v) is 10.4. The van der Waals surface area contributed by atoms with E-state index >= 15 is 0 Å². The van der Waals surface area contributed by atoms with Crippen LogP contribution in [0.5, 0.6) is 11.5 Å². The van der Waals surface area contributed by atoms with Gasteiger partial charge in [0.25, 0.3) is 0 Å². The van der Waals surface area contributed by atoms with E-state index in [0.717, 1.165) is 50.8 Å². The van der Waals surface area contributed by atoms with Crippen molar-refractivity contribution in [2.45, 2.75) is 51.2 Å². The number of carbonyl (C=O) groups is 1. The number of carboxylic acids is 1. The summed E-state index contributed by atoms with van der Waals surface area (Å²) < 4.78 is 33.6. The summed E-state index contributed by atoms with van der Waals surface area (Å²) in [5.41, 5.74) is 2.07. The van der Waals surface area contributed by atoms with Crippen molar-refractivity contribution >= 4 is 17.1 Å². The maximum Gasteiger partial charge on any atom is 0.354 e. The molecule has 0 spiro atoms. The molecule has 2 aliphatic heterocycles. The molecule has 1 aromatic carbocycles. The average molecular weight is 573 g/mol. The third kappa shape index (κ3) is 6.17. The van der Waals surface area contributed by atoms with Crippen molar-refractivity contribution in [3.63, 3.8) is 0 Å². The van der Waals surface area contributed by atoms with Gasteiger partial charge in [-0.25, -0.2) is 19.2 Å². The van der Waals surface area contributed by atoms with E-state index in [1.807, 2.05) is 10.6 Å². The Kier molecular flexibility index (Phi) is 7.94. The minimum Gasteiger partial charge on any atom is -0.490 e. The van der Waals surface area contributed by atoms with Gasteiger partial charge < -0.3 is 23.9 Å². The normalized spacial score (nSPS) is 17.5. The zero-order valence-corrected chi connectivity index (χ0v) is 22.8. The fraction of sp³-hybridized carbons (Fsp3) is 0.367. The van der Waals surface area contributed by atoms with Crippen LogP contribution < -0.4 is 9.47 Å². The van der Waals surface area contributed by atoms with E-state index < -0.39 is 11.8 Å². The first-order valence-corrected chi connectivity index (χ1v) is 13.8. The van der Waals surface area contributed by atoms with E-state index in [1.54, 1.807) is 24.4 Å². The molecule has 42 heavy (non-hydrogen) atoms. The van der Waals surface area contributed by atoms with E-state index in [4.69, 9.17) is 24.5 Å². The number of ether oxygens (including phenoxy) is 3. The van der Waals surface area contributed by atoms with Crippen molar-refractivity contribution < 1.29 is 28.5 Å². The molecule has 0 bridgehead atoms. The molecule has 3 aromatic heterocycles. The number of nitrogens with zero attached hydrogens (tertiary/aromatic N) is 6. The van der Waals surface area contributed by atoms with Crippen LogP contribution >= 0.6 is 0 Å². The lowest BCUT2D eigenvalue weighted by Crippen LogP contribution is -2.39. The Balaban J connectivity index is 1.06. The molecule has 2 saturated heterocycles. The van der Waals surface area contributed by atoms with Gasteiger partial charge in [-0.1, -0.05) is 0 Å². The van der Waals surface area contributed by atoms with Gasteiger partial charge in [-0.3, -0.25) is 9.88 Å². The van der Waals surface area contributed by atoms with Crippen LogP contribution in [0.3, 0.4) is 0 Å². The SMILES string of the molecule is N#Cc1ccc(OCc2cc(OC3CCN(Cc4nc5ccc(C(=O)O)nc5n4C[C@@H]4CCO4)CC3)ccn2)c(F)c1. The fourth-order valence-electron chi connectivity index (χ4n) is 5.14. The van der Waals surface area contributed by atoms with Crippen molar-refractivity contribution in [2.24, 2.45) is 0 Å². The molecule has 5 heterocycles. The Morgan fingerprint density at radius 1 is 1.14 bits per heavy atom. The highest BCUT2D eigenvalue weighted by Crippen LogP contribution is 2.25. The number of hydrogen-bond acceptors (Lipinski definition) is 9. The van der Waals surface area contributed by atoms with Gasteiger partial charge in [-0.05, 0) is 55.7 Å². The van der Waals surface area contributed by atoms with Gasteiger partial charge in [0.1, 0.15) is 29.8 Å². The van der Waals surface area contributed by atoms with Gasteiger partial charge >= 0.3 is 5.97 Å². The number of pyridine rings is 2. The van der Waals surface area contributed by atoms with Crippen LogP contribution in [0.15, 0.2) is 48.7 Å². The molecule has 0 amide bonds. The van der Waals surface area contributed by atoms with Crippen molar-refractivity contribution in [3.05, 3.63) is 77.3 Å². The van der Waals surface area contributed by atoms with Gasteiger partial charge in [0, 0.05) is 32.0 Å². The number of benzene rings is 1. The van der Waals surface area contributed by atoms with Crippen LogP contribution in [0.1, 0.15) is 46.8 Å². The lowest BCUT2D eigenvalue weighted by molar-refractivity contribution is -0.0593. The summed E-state index contributed by atoms with van der Waals surface area (Å²) >= 11 is 0. The highest BCUT2D eigenvalue weighted by molar-refractivity contribution is 5.88. The fourth-order valence-corrected chi connectivity index (χ4v) is 5.14. The number of likely N-dealkylation sites (tertiary alicyclic amines) is 1. The Morgan fingerprint density at radius 3 is 2.69 bits per heavy atom. The van der Waals surface area contributed by atoms with E-state index in [9.17, 15) is 14.3 Å². The number of piperidine rings is 1. The number of aromatic nitrogens is 4. The maximum absolute atomic E-state index is 14.1. The number of aromatic carboxylic acids is 1. The van der Waals surface area contributed by atoms with Gasteiger partial charge in [-0.15, -0.1) is 0 Å². The first kappa shape index (κ1) is 27.6. The van der Waals surface area contributed by atoms with Crippen LogP contribution in [0.25, 0.3) is 11.2 Å². The number of rotatable bonds is 10. The lowest BCUT2D eigenvalue weighted by atomic mass is 10.1. The first-order valence-electron chi connectivity index (χ1n) is 13.8. The number of hydrogen-bond donors (Lipinski definition) is 1. The topological polar surface area (TPSA) is 136 Å². The maximum atomic E-state index is 14.1. The summed E-state index contributed by atoms with van der Waals surface area (Å²) in [5.74, 6) is -0.0951. The number of nitriles is 1. The standard InChI is InChI=1S/C30H29FN6O5/c31-24-13-19(15-32)1-4-27(24)41-18-20-14-22(5-9-33-20)42-21-6-10-36(11-7-21)17-28-34-25-2-3-26(30(38)39)35-29(25)37(28)16-23-8-12-40-23/h1-5,9,13-14,21,23H,6-8,10-12,16-18H2,(H,38,39)/t23-/m0/s1. The van der Waals surface area contributed by atoms with Crippen LogP contribution in [0.4, 0.5) is 4.39 Å². The molecule has 0 aliphatic carbocycles. The molecular formula is C30H29FN6O5. The molecule has 11 nitrogen and oxygen atoms in total. The highest BCUT2D eigenvalue weighted by Gasteiger charge is 2.26. The number of halogens is 1. The third-order valence-corrected chi connectivity index (χ3v) is 7.50. The molecule has 1 atom stereocenters. The second-order valence-electron chi connectivity index (χ2n) is 10.4. The molecule has 4 aromatic rings. The molecule has 12 heteroatoms. The summed E-state index contributed by atoms with van der Waals surface area (Å²) in [6, 6.07) is 12.7. The monoisotopic (exact) mass is 572 g/mol. The second kappa shape index (κ2) is 12.1. The zero-order valence-electron chi connectivity index (χ0n) is 22.8. The highest BCUT2D eigenvalue weighted by atomic mass is 19.1. The van der Waals surface area contributed by atoms with Crippen LogP contribution in [-0.4, -0.2) is 67.4 Å². The predicted octanol–water partition coefficient (Wildman–Crippen LogP) is 3.95. The van der Waals surface area contributed by atoms with E-state index in [0.29, 0.717) is 35.7 Å². The van der Waals surface area contributed by atoms with E-state index in [-0.39, 0.29) is 35.8 Å². The molecule has 0 unspecified atom stereocenters. The molecule has 6 rings (SSSR count). The Hall–Kier alpha value is -4.60. The average Bonchev–Trinajstić information content (AvgIpc) is 3.31. The Labute approximate surface area is 241 Å². The summed E-state index contributed by atoms with van der Waals surface area (Å²) in [7, 11) is 0. The van der Waals surface area contributed by atoms with Crippen molar-refractivity contribution in [1.29, 1.82) is 5.26 Å². The number of carboxylic acid groups (broad SMARTS) is 1. The predicted molar refractivity (Wildman–Crippen MR) is 147 cm³/mol. The minimum absolute atomic E-state index is 0.00468. The first-order chi connectivity index (χ1) is 20.4. The quantitative estimate of drug-likeness (QED) is 0.298. The van der Waals surface area contributed by atoms with Gasteiger partial charge in [0.2, 0.25) is 0 Å². The van der Waals surface area contributed by atoms with E-state index in [1.165, 1.54) is 18.2 Å². The van der Waals surface area contributed by atoms with Crippen LogP contribution in [0, 0.1) is 17.1 Å². The van der Waals surface area contributed by atoms with Crippen LogP contribution in [-0.2, 0) is 24.4 Å². The molecule has 2 fully saturated rings. The van der Waals surface area contributed by atoms with Crippen molar-refractivity contribution in [3.8, 4) is 17.6 Å². The Bertz CT molecular complexity index is 1640. The van der Waals surface area contributed by atoms with E-state index in [2.05, 4.69) is 14.9 Å². The molecular weight excluding hydrogens is 543 g/mol. The van der Waals surface area contributed by atoms with Gasteiger partial charge in [0.15, 0.2) is 22.9 Å². The zero-order chi connectivity index (χ0) is 29.1. The van der Waals surface area contributed by atoms with Crippen LogP contribution in [0.2, 0.25) is 0 Å². The molecule has 0 saturated carbocycles. The smallest absolute Gasteiger partial charge is 0.354 e. The minimum atomic E-state index is -1.07.